The minimum atomic E-state index is -4.38. The number of anilines is 2. The molecule has 2 N–H and O–H groups in total. The Balaban J connectivity index is 1.38. The van der Waals surface area contributed by atoms with E-state index < -0.39 is 11.7 Å². The number of aromatic amines is 1. The van der Waals surface area contributed by atoms with E-state index in [-0.39, 0.29) is 0 Å². The third-order valence-corrected chi connectivity index (χ3v) is 5.53. The normalized spacial score (nSPS) is 12.0. The van der Waals surface area contributed by atoms with Crippen LogP contribution in [0.25, 0.3) is 16.8 Å². The zero-order chi connectivity index (χ0) is 22.3. The molecule has 162 valence electrons. The van der Waals surface area contributed by atoms with E-state index in [2.05, 4.69) is 30.4 Å². The van der Waals surface area contributed by atoms with E-state index in [0.717, 1.165) is 29.0 Å². The van der Waals surface area contributed by atoms with Crippen molar-refractivity contribution in [3.05, 3.63) is 71.7 Å². The number of nitrogens with one attached hydrogen (secondary N) is 2. The van der Waals surface area contributed by atoms with E-state index in [1.807, 2.05) is 31.2 Å². The Morgan fingerprint density at radius 2 is 1.81 bits per heavy atom. The molecule has 0 aliphatic rings. The van der Waals surface area contributed by atoms with Gasteiger partial charge >= 0.3 is 6.18 Å². The molecule has 0 saturated heterocycles. The summed E-state index contributed by atoms with van der Waals surface area (Å²) < 4.78 is 40.0. The van der Waals surface area contributed by atoms with Gasteiger partial charge in [-0.15, -0.1) is 5.10 Å². The number of halogens is 3. The summed E-state index contributed by atoms with van der Waals surface area (Å²) in [5, 5.41) is 8.11. The van der Waals surface area contributed by atoms with Crippen molar-refractivity contribution in [2.24, 2.45) is 0 Å². The highest BCUT2D eigenvalue weighted by molar-refractivity contribution is 7.98. The van der Waals surface area contributed by atoms with Gasteiger partial charge in [-0.2, -0.15) is 22.7 Å². The standard InChI is InChI=1S/C21H16F3N7S/c1-12-10-18(26-14-8-6-13(7-9-14)21(22,23)24)31-19(25-12)29-20(30-31)32-11-17-27-15-4-2-3-5-16(15)28-17/h2-10,26H,11H2,1H3,(H,27,28). The van der Waals surface area contributed by atoms with Crippen molar-refractivity contribution in [2.45, 2.75) is 24.0 Å². The zero-order valence-electron chi connectivity index (χ0n) is 16.7. The maximum absolute atomic E-state index is 12.8. The number of hydrogen-bond acceptors (Lipinski definition) is 6. The number of fused-ring (bicyclic) bond motifs is 2. The maximum Gasteiger partial charge on any atom is 0.416 e. The SMILES string of the molecule is Cc1cc(Nc2ccc(C(F)(F)F)cc2)n2nc(SCc3nc4ccccc4[nH]3)nc2n1. The van der Waals surface area contributed by atoms with Crippen molar-refractivity contribution < 1.29 is 13.2 Å². The molecule has 0 spiro atoms. The lowest BCUT2D eigenvalue weighted by molar-refractivity contribution is -0.137. The summed E-state index contributed by atoms with van der Waals surface area (Å²) in [4.78, 5) is 16.7. The second kappa shape index (κ2) is 7.83. The zero-order valence-corrected chi connectivity index (χ0v) is 17.5. The van der Waals surface area contributed by atoms with E-state index in [1.54, 1.807) is 6.07 Å². The first-order valence-electron chi connectivity index (χ1n) is 9.60. The van der Waals surface area contributed by atoms with Crippen LogP contribution in [0.15, 0.2) is 59.8 Å². The number of alkyl halides is 3. The Bertz CT molecular complexity index is 1370. The number of imidazole rings is 1. The third kappa shape index (κ3) is 4.11. The largest absolute Gasteiger partial charge is 0.416 e. The number of thioether (sulfide) groups is 1. The molecule has 3 aromatic heterocycles. The summed E-state index contributed by atoms with van der Waals surface area (Å²) in [5.41, 5.74) is 2.35. The highest BCUT2D eigenvalue weighted by atomic mass is 32.2. The van der Waals surface area contributed by atoms with Gasteiger partial charge in [0.15, 0.2) is 0 Å². The average molecular weight is 455 g/mol. The number of aromatic nitrogens is 6. The van der Waals surface area contributed by atoms with Gasteiger partial charge in [-0.1, -0.05) is 23.9 Å². The summed E-state index contributed by atoms with van der Waals surface area (Å²) in [5.74, 6) is 2.30. The first kappa shape index (κ1) is 20.3. The Morgan fingerprint density at radius 3 is 2.56 bits per heavy atom. The molecule has 0 aliphatic carbocycles. The monoisotopic (exact) mass is 455 g/mol. The minimum absolute atomic E-state index is 0.395. The summed E-state index contributed by atoms with van der Waals surface area (Å²) >= 11 is 1.41. The van der Waals surface area contributed by atoms with Crippen LogP contribution in [-0.2, 0) is 11.9 Å². The Hall–Kier alpha value is -3.60. The lowest BCUT2D eigenvalue weighted by Crippen LogP contribution is -2.05. The Kier molecular flexibility index (Phi) is 4.97. The maximum atomic E-state index is 12.8. The predicted molar refractivity (Wildman–Crippen MR) is 116 cm³/mol. The molecular weight excluding hydrogens is 439 g/mol. The van der Waals surface area contributed by atoms with Crippen molar-refractivity contribution in [1.82, 2.24) is 29.5 Å². The number of hydrogen-bond donors (Lipinski definition) is 2. The van der Waals surface area contributed by atoms with E-state index in [4.69, 9.17) is 0 Å². The lowest BCUT2D eigenvalue weighted by Gasteiger charge is -2.10. The Labute approximate surface area is 184 Å². The van der Waals surface area contributed by atoms with E-state index in [0.29, 0.717) is 33.9 Å². The van der Waals surface area contributed by atoms with Crippen LogP contribution in [0.2, 0.25) is 0 Å². The number of benzene rings is 2. The number of H-pyrrole nitrogens is 1. The van der Waals surface area contributed by atoms with Gasteiger partial charge < -0.3 is 10.3 Å². The van der Waals surface area contributed by atoms with Gasteiger partial charge in [0, 0.05) is 17.4 Å². The van der Waals surface area contributed by atoms with Crippen LogP contribution in [0, 0.1) is 6.92 Å². The van der Waals surface area contributed by atoms with Crippen LogP contribution < -0.4 is 5.32 Å². The van der Waals surface area contributed by atoms with Crippen LogP contribution in [0.1, 0.15) is 17.1 Å². The van der Waals surface area contributed by atoms with Crippen LogP contribution in [-0.4, -0.2) is 29.5 Å². The highest BCUT2D eigenvalue weighted by Crippen LogP contribution is 2.30. The van der Waals surface area contributed by atoms with Crippen molar-refractivity contribution in [3.8, 4) is 0 Å². The van der Waals surface area contributed by atoms with Crippen LogP contribution in [0.4, 0.5) is 24.7 Å². The van der Waals surface area contributed by atoms with Crippen LogP contribution >= 0.6 is 11.8 Å². The molecule has 0 bridgehead atoms. The van der Waals surface area contributed by atoms with Crippen molar-refractivity contribution >= 4 is 40.1 Å². The fourth-order valence-electron chi connectivity index (χ4n) is 3.22. The molecular formula is C21H16F3N7S. The summed E-state index contributed by atoms with van der Waals surface area (Å²) in [6.07, 6.45) is -4.38. The molecule has 32 heavy (non-hydrogen) atoms. The molecule has 11 heteroatoms. The molecule has 3 heterocycles. The lowest BCUT2D eigenvalue weighted by atomic mass is 10.2. The summed E-state index contributed by atoms with van der Waals surface area (Å²) in [6, 6.07) is 14.3. The summed E-state index contributed by atoms with van der Waals surface area (Å²) in [7, 11) is 0. The molecule has 5 rings (SSSR count). The molecule has 0 radical (unpaired) electrons. The van der Waals surface area contributed by atoms with Gasteiger partial charge in [0.25, 0.3) is 5.78 Å². The summed E-state index contributed by atoms with van der Waals surface area (Å²) in [6.45, 7) is 1.81. The first-order chi connectivity index (χ1) is 15.3. The van der Waals surface area contributed by atoms with Gasteiger partial charge in [0.05, 0.1) is 22.3 Å². The molecule has 0 aliphatic heterocycles. The number of rotatable bonds is 5. The van der Waals surface area contributed by atoms with Gasteiger partial charge in [-0.05, 0) is 43.3 Å². The van der Waals surface area contributed by atoms with Gasteiger partial charge in [-0.3, -0.25) is 0 Å². The smallest absolute Gasteiger partial charge is 0.341 e. The molecule has 5 aromatic rings. The molecule has 0 atom stereocenters. The number of aryl methyl sites for hydroxylation is 1. The molecule has 0 saturated carbocycles. The van der Waals surface area contributed by atoms with E-state index >= 15 is 0 Å². The number of para-hydroxylation sites is 2. The fraction of sp³-hybridized carbons (Fsp3) is 0.143. The quantitative estimate of drug-likeness (QED) is 0.347. The van der Waals surface area contributed by atoms with Crippen molar-refractivity contribution in [1.29, 1.82) is 0 Å². The molecule has 0 unspecified atom stereocenters. The highest BCUT2D eigenvalue weighted by Gasteiger charge is 2.30. The van der Waals surface area contributed by atoms with Gasteiger partial charge in [-0.25, -0.2) is 9.97 Å². The number of nitrogens with zero attached hydrogens (tertiary/aromatic N) is 5. The fourth-order valence-corrected chi connectivity index (χ4v) is 3.90. The van der Waals surface area contributed by atoms with Gasteiger partial charge in [0.2, 0.25) is 5.16 Å². The van der Waals surface area contributed by atoms with E-state index in [9.17, 15) is 13.2 Å². The van der Waals surface area contributed by atoms with Crippen molar-refractivity contribution in [2.75, 3.05) is 5.32 Å². The van der Waals surface area contributed by atoms with Crippen LogP contribution in [0.5, 0.6) is 0 Å². The second-order valence-electron chi connectivity index (χ2n) is 7.08. The topological polar surface area (TPSA) is 83.8 Å². The molecule has 7 nitrogen and oxygen atoms in total. The molecule has 0 fully saturated rings. The van der Waals surface area contributed by atoms with E-state index in [1.165, 1.54) is 28.4 Å². The minimum Gasteiger partial charge on any atom is -0.341 e. The first-order valence-corrected chi connectivity index (χ1v) is 10.6. The predicted octanol–water partition coefficient (Wildman–Crippen LogP) is 5.36. The van der Waals surface area contributed by atoms with Crippen molar-refractivity contribution in [3.63, 3.8) is 0 Å². The van der Waals surface area contributed by atoms with Gasteiger partial charge in [0.1, 0.15) is 11.6 Å². The third-order valence-electron chi connectivity index (χ3n) is 4.68. The molecule has 0 amide bonds. The molecule has 2 aromatic carbocycles. The van der Waals surface area contributed by atoms with Crippen LogP contribution in [0.3, 0.4) is 0 Å². The Morgan fingerprint density at radius 1 is 1.03 bits per heavy atom. The average Bonchev–Trinajstić information content (AvgIpc) is 3.35. The second-order valence-corrected chi connectivity index (χ2v) is 8.02.